The Morgan fingerprint density at radius 2 is 2.05 bits per heavy atom. The van der Waals surface area contributed by atoms with Crippen molar-refractivity contribution in [1.29, 1.82) is 0 Å². The summed E-state index contributed by atoms with van der Waals surface area (Å²) < 4.78 is 1.67. The first kappa shape index (κ1) is 14.2. The van der Waals surface area contributed by atoms with Crippen LogP contribution in [-0.4, -0.2) is 25.8 Å². The fraction of sp³-hybridized carbons (Fsp3) is 0.400. The number of para-hydroxylation sites is 1. The molecule has 0 bridgehead atoms. The van der Waals surface area contributed by atoms with E-state index in [0.717, 1.165) is 17.7 Å². The van der Waals surface area contributed by atoms with Gasteiger partial charge >= 0.3 is 5.97 Å². The Kier molecular flexibility index (Phi) is 4.17. The summed E-state index contributed by atoms with van der Waals surface area (Å²) in [6, 6.07) is 7.90. The number of aromatic nitrogens is 3. The van der Waals surface area contributed by atoms with Crippen LogP contribution >= 0.6 is 0 Å². The van der Waals surface area contributed by atoms with E-state index in [0.29, 0.717) is 18.2 Å². The average Bonchev–Trinajstić information content (AvgIpc) is 2.83. The molecule has 20 heavy (non-hydrogen) atoms. The van der Waals surface area contributed by atoms with Crippen LogP contribution < -0.4 is 0 Å². The second-order valence-electron chi connectivity index (χ2n) is 5.03. The fourth-order valence-electron chi connectivity index (χ4n) is 2.18. The molecule has 2 aromatic rings. The third-order valence-corrected chi connectivity index (χ3v) is 3.13. The molecule has 2 rings (SSSR count). The molecule has 0 aliphatic rings. The standard InChI is InChI=1S/C15H19N3O2/c1-4-7-13-16-14(15(19)20)17-18(13)12-9-6-5-8-11(12)10(2)3/h5-6,8-10H,4,7H2,1-3H3,(H,19,20). The van der Waals surface area contributed by atoms with E-state index in [2.05, 4.69) is 23.9 Å². The normalized spacial score (nSPS) is 11.0. The third-order valence-electron chi connectivity index (χ3n) is 3.13. The molecule has 1 aromatic heterocycles. The zero-order valence-electron chi connectivity index (χ0n) is 12.0. The van der Waals surface area contributed by atoms with Crippen LogP contribution in [0, 0.1) is 0 Å². The number of carbonyl (C=O) groups is 1. The van der Waals surface area contributed by atoms with Gasteiger partial charge in [0.1, 0.15) is 5.82 Å². The van der Waals surface area contributed by atoms with E-state index in [1.165, 1.54) is 0 Å². The third kappa shape index (κ3) is 2.71. The highest BCUT2D eigenvalue weighted by Crippen LogP contribution is 2.23. The summed E-state index contributed by atoms with van der Waals surface area (Å²) in [6.45, 7) is 6.24. The van der Waals surface area contributed by atoms with Crippen LogP contribution in [0.2, 0.25) is 0 Å². The Labute approximate surface area is 118 Å². The van der Waals surface area contributed by atoms with Crippen LogP contribution in [0.1, 0.15) is 55.1 Å². The molecule has 0 spiro atoms. The van der Waals surface area contributed by atoms with Gasteiger partial charge in [0.2, 0.25) is 0 Å². The number of hydrogen-bond acceptors (Lipinski definition) is 3. The maximum Gasteiger partial charge on any atom is 0.375 e. The molecule has 0 radical (unpaired) electrons. The number of benzene rings is 1. The fourth-order valence-corrected chi connectivity index (χ4v) is 2.18. The van der Waals surface area contributed by atoms with E-state index in [4.69, 9.17) is 5.11 Å². The van der Waals surface area contributed by atoms with Crippen molar-refractivity contribution < 1.29 is 9.90 Å². The van der Waals surface area contributed by atoms with Crippen LogP contribution in [0.5, 0.6) is 0 Å². The maximum absolute atomic E-state index is 11.1. The minimum atomic E-state index is -1.09. The van der Waals surface area contributed by atoms with E-state index >= 15 is 0 Å². The van der Waals surface area contributed by atoms with Crippen molar-refractivity contribution in [1.82, 2.24) is 14.8 Å². The van der Waals surface area contributed by atoms with E-state index in [1.807, 2.05) is 31.2 Å². The molecule has 0 fully saturated rings. The summed E-state index contributed by atoms with van der Waals surface area (Å²) in [7, 11) is 0. The molecule has 0 aliphatic heterocycles. The molecule has 0 saturated heterocycles. The quantitative estimate of drug-likeness (QED) is 0.909. The number of nitrogens with zero attached hydrogens (tertiary/aromatic N) is 3. The summed E-state index contributed by atoms with van der Waals surface area (Å²) in [5.74, 6) is -0.216. The van der Waals surface area contributed by atoms with E-state index < -0.39 is 5.97 Å². The monoisotopic (exact) mass is 273 g/mol. The molecule has 106 valence electrons. The lowest BCUT2D eigenvalue weighted by atomic mass is 10.0. The lowest BCUT2D eigenvalue weighted by Gasteiger charge is -2.13. The van der Waals surface area contributed by atoms with Crippen LogP contribution in [0.15, 0.2) is 24.3 Å². The van der Waals surface area contributed by atoms with E-state index in [9.17, 15) is 4.79 Å². The topological polar surface area (TPSA) is 68.0 Å². The molecule has 1 aromatic carbocycles. The molecule has 1 heterocycles. The molecular weight excluding hydrogens is 254 g/mol. The van der Waals surface area contributed by atoms with Crippen molar-refractivity contribution in [2.75, 3.05) is 0 Å². The molecule has 5 heteroatoms. The Morgan fingerprint density at radius 3 is 2.65 bits per heavy atom. The number of carboxylic acids is 1. The minimum Gasteiger partial charge on any atom is -0.475 e. The van der Waals surface area contributed by atoms with Crippen LogP contribution in [0.4, 0.5) is 0 Å². The summed E-state index contributed by atoms with van der Waals surface area (Å²) in [6.07, 6.45) is 1.59. The Bertz CT molecular complexity index is 617. The molecular formula is C15H19N3O2. The maximum atomic E-state index is 11.1. The molecule has 5 nitrogen and oxygen atoms in total. The van der Waals surface area contributed by atoms with Crippen LogP contribution in [-0.2, 0) is 6.42 Å². The Hall–Kier alpha value is -2.17. The first-order valence-corrected chi connectivity index (χ1v) is 6.83. The first-order valence-electron chi connectivity index (χ1n) is 6.83. The number of aromatic carboxylic acids is 1. The lowest BCUT2D eigenvalue weighted by Crippen LogP contribution is -2.07. The van der Waals surface area contributed by atoms with Crippen LogP contribution in [0.3, 0.4) is 0 Å². The number of hydrogen-bond donors (Lipinski definition) is 1. The van der Waals surface area contributed by atoms with Gasteiger partial charge in [0, 0.05) is 6.42 Å². The zero-order chi connectivity index (χ0) is 14.7. The lowest BCUT2D eigenvalue weighted by molar-refractivity contribution is 0.0683. The van der Waals surface area contributed by atoms with Gasteiger partial charge < -0.3 is 5.11 Å². The van der Waals surface area contributed by atoms with Gasteiger partial charge in [-0.25, -0.2) is 14.5 Å². The van der Waals surface area contributed by atoms with Gasteiger partial charge in [-0.2, -0.15) is 0 Å². The van der Waals surface area contributed by atoms with Gasteiger partial charge in [-0.15, -0.1) is 5.10 Å². The van der Waals surface area contributed by atoms with Crippen molar-refractivity contribution in [3.63, 3.8) is 0 Å². The molecule has 0 amide bonds. The minimum absolute atomic E-state index is 0.146. The van der Waals surface area contributed by atoms with E-state index in [1.54, 1.807) is 4.68 Å². The zero-order valence-corrected chi connectivity index (χ0v) is 12.0. The smallest absolute Gasteiger partial charge is 0.375 e. The molecule has 0 unspecified atom stereocenters. The number of rotatable bonds is 5. The van der Waals surface area contributed by atoms with Gasteiger partial charge in [0.05, 0.1) is 5.69 Å². The van der Waals surface area contributed by atoms with Gasteiger partial charge in [-0.05, 0) is 24.0 Å². The summed E-state index contributed by atoms with van der Waals surface area (Å²) >= 11 is 0. The molecule has 0 aliphatic carbocycles. The molecule has 0 atom stereocenters. The van der Waals surface area contributed by atoms with Gasteiger partial charge in [0.15, 0.2) is 0 Å². The van der Waals surface area contributed by atoms with Crippen molar-refractivity contribution >= 4 is 5.97 Å². The summed E-state index contributed by atoms with van der Waals surface area (Å²) in [5.41, 5.74) is 2.04. The highest BCUT2D eigenvalue weighted by Gasteiger charge is 2.18. The Balaban J connectivity index is 2.59. The predicted octanol–water partition coefficient (Wildman–Crippen LogP) is 3.04. The Morgan fingerprint density at radius 1 is 1.35 bits per heavy atom. The van der Waals surface area contributed by atoms with Crippen molar-refractivity contribution in [3.8, 4) is 5.69 Å². The predicted molar refractivity (Wildman–Crippen MR) is 76.4 cm³/mol. The van der Waals surface area contributed by atoms with Crippen molar-refractivity contribution in [2.24, 2.45) is 0 Å². The largest absolute Gasteiger partial charge is 0.475 e. The van der Waals surface area contributed by atoms with Gasteiger partial charge in [-0.1, -0.05) is 39.0 Å². The highest BCUT2D eigenvalue weighted by atomic mass is 16.4. The SMILES string of the molecule is CCCc1nc(C(=O)O)nn1-c1ccccc1C(C)C. The molecule has 0 saturated carbocycles. The van der Waals surface area contributed by atoms with Crippen molar-refractivity contribution in [3.05, 3.63) is 41.5 Å². The summed E-state index contributed by atoms with van der Waals surface area (Å²) in [4.78, 5) is 15.2. The van der Waals surface area contributed by atoms with Crippen molar-refractivity contribution in [2.45, 2.75) is 39.5 Å². The van der Waals surface area contributed by atoms with E-state index in [-0.39, 0.29) is 5.82 Å². The number of carboxylic acid groups (broad SMARTS) is 1. The first-order chi connectivity index (χ1) is 9.54. The molecule has 1 N–H and O–H groups in total. The summed E-state index contributed by atoms with van der Waals surface area (Å²) in [5, 5.41) is 13.2. The van der Waals surface area contributed by atoms with Gasteiger partial charge in [0.25, 0.3) is 5.82 Å². The average molecular weight is 273 g/mol. The second-order valence-corrected chi connectivity index (χ2v) is 5.03. The van der Waals surface area contributed by atoms with Gasteiger partial charge in [-0.3, -0.25) is 0 Å². The highest BCUT2D eigenvalue weighted by molar-refractivity contribution is 5.83. The number of aryl methyl sites for hydroxylation is 1. The van der Waals surface area contributed by atoms with Crippen LogP contribution in [0.25, 0.3) is 5.69 Å². The second kappa shape index (κ2) is 5.86.